The molecule has 0 fully saturated rings. The van der Waals surface area contributed by atoms with Crippen molar-refractivity contribution in [2.45, 2.75) is 10.1 Å². The third-order valence-electron chi connectivity index (χ3n) is 4.13. The molecule has 0 saturated carbocycles. The average molecular weight is 362 g/mol. The third-order valence-corrected chi connectivity index (χ3v) is 5.40. The van der Waals surface area contributed by atoms with E-state index >= 15 is 0 Å². The van der Waals surface area contributed by atoms with E-state index < -0.39 is 0 Å². The van der Waals surface area contributed by atoms with E-state index in [0.717, 1.165) is 10.5 Å². The summed E-state index contributed by atoms with van der Waals surface area (Å²) in [6.45, 7) is 0. The number of pyridine rings is 1. The number of hydrogen-bond donors (Lipinski definition) is 3. The van der Waals surface area contributed by atoms with Crippen molar-refractivity contribution < 1.29 is 9.84 Å². The number of ether oxygens (including phenoxy) is 1. The molecule has 1 aromatic heterocycles. The molecule has 0 radical (unpaired) electrons. The van der Waals surface area contributed by atoms with Gasteiger partial charge in [-0.3, -0.25) is 0 Å². The number of phenols is 1. The maximum Gasteiger partial charge on any atom is 0.228 e. The molecule has 1 aliphatic rings. The van der Waals surface area contributed by atoms with Crippen molar-refractivity contribution in [1.82, 2.24) is 4.98 Å². The first-order valence-corrected chi connectivity index (χ1v) is 8.68. The molecular weight excluding hydrogens is 348 g/mol. The Kier molecular flexibility index (Phi) is 3.82. The van der Waals surface area contributed by atoms with Crippen molar-refractivity contribution >= 4 is 23.3 Å². The van der Waals surface area contributed by atoms with Crippen LogP contribution in [-0.2, 0) is 0 Å². The molecule has 0 amide bonds. The fourth-order valence-corrected chi connectivity index (χ4v) is 4.16. The zero-order valence-corrected chi connectivity index (χ0v) is 14.3. The monoisotopic (exact) mass is 362 g/mol. The minimum Gasteiger partial charge on any atom is -0.508 e. The Balaban J connectivity index is 1.93. The number of aromatic nitrogens is 1. The third kappa shape index (κ3) is 2.57. The molecule has 3 aromatic rings. The molecule has 7 heteroatoms. The van der Waals surface area contributed by atoms with Crippen molar-refractivity contribution in [2.24, 2.45) is 0 Å². The van der Waals surface area contributed by atoms with E-state index in [4.69, 9.17) is 16.2 Å². The zero-order chi connectivity index (χ0) is 18.3. The molecule has 2 heterocycles. The van der Waals surface area contributed by atoms with Gasteiger partial charge in [-0.1, -0.05) is 24.3 Å². The Labute approximate surface area is 154 Å². The summed E-state index contributed by atoms with van der Waals surface area (Å²) in [5.41, 5.74) is 14.0. The Morgan fingerprint density at radius 2 is 1.92 bits per heavy atom. The number of nitrogens with zero attached hydrogens (tertiary/aromatic N) is 2. The van der Waals surface area contributed by atoms with Crippen LogP contribution in [0.1, 0.15) is 21.9 Å². The first kappa shape index (κ1) is 16.1. The van der Waals surface area contributed by atoms with Crippen LogP contribution >= 0.6 is 11.8 Å². The van der Waals surface area contributed by atoms with Gasteiger partial charge in [0.05, 0.1) is 16.5 Å². The van der Waals surface area contributed by atoms with Gasteiger partial charge in [0.2, 0.25) is 5.88 Å². The van der Waals surface area contributed by atoms with Gasteiger partial charge in [0.25, 0.3) is 0 Å². The molecule has 1 unspecified atom stereocenters. The summed E-state index contributed by atoms with van der Waals surface area (Å²) in [4.78, 5) is 5.25. The SMILES string of the molecule is N#Cc1c(N)nc2c(c1N)C(Sc1ccccc1)c1ccc(O)cc1O2. The smallest absolute Gasteiger partial charge is 0.228 e. The fraction of sp³-hybridized carbons (Fsp3) is 0.0526. The maximum absolute atomic E-state index is 9.80. The molecule has 4 rings (SSSR count). The zero-order valence-electron chi connectivity index (χ0n) is 13.5. The quantitative estimate of drug-likeness (QED) is 0.634. The highest BCUT2D eigenvalue weighted by atomic mass is 32.2. The number of phenolic OH excluding ortho intramolecular Hbond substituents is 1. The Morgan fingerprint density at radius 1 is 1.15 bits per heavy atom. The Morgan fingerprint density at radius 3 is 2.65 bits per heavy atom. The highest BCUT2D eigenvalue weighted by molar-refractivity contribution is 7.99. The number of anilines is 2. The van der Waals surface area contributed by atoms with Crippen LogP contribution in [-0.4, -0.2) is 10.1 Å². The van der Waals surface area contributed by atoms with Crippen molar-refractivity contribution in [3.63, 3.8) is 0 Å². The number of fused-ring (bicyclic) bond motifs is 2. The lowest BCUT2D eigenvalue weighted by Crippen LogP contribution is -2.14. The van der Waals surface area contributed by atoms with E-state index in [2.05, 4.69) is 4.98 Å². The molecular formula is C19H14N4O2S. The number of thioether (sulfide) groups is 1. The average Bonchev–Trinajstić information content (AvgIpc) is 2.62. The summed E-state index contributed by atoms with van der Waals surface area (Å²) in [5, 5.41) is 18.9. The van der Waals surface area contributed by atoms with Gasteiger partial charge in [0, 0.05) is 16.5 Å². The van der Waals surface area contributed by atoms with E-state index in [1.807, 2.05) is 36.4 Å². The van der Waals surface area contributed by atoms with Crippen molar-refractivity contribution in [3.05, 3.63) is 65.2 Å². The van der Waals surface area contributed by atoms with E-state index in [0.29, 0.717) is 11.3 Å². The molecule has 128 valence electrons. The van der Waals surface area contributed by atoms with Crippen LogP contribution < -0.4 is 16.2 Å². The van der Waals surface area contributed by atoms with Gasteiger partial charge in [-0.05, 0) is 18.2 Å². The normalized spacial score (nSPS) is 14.7. The summed E-state index contributed by atoms with van der Waals surface area (Å²) in [6.07, 6.45) is 0. The van der Waals surface area contributed by atoms with Crippen LogP contribution in [0.3, 0.4) is 0 Å². The lowest BCUT2D eigenvalue weighted by atomic mass is 9.98. The predicted molar refractivity (Wildman–Crippen MR) is 100 cm³/mol. The highest BCUT2D eigenvalue weighted by Crippen LogP contribution is 2.54. The van der Waals surface area contributed by atoms with Crippen molar-refractivity contribution in [3.8, 4) is 23.4 Å². The van der Waals surface area contributed by atoms with Crippen LogP contribution in [0.5, 0.6) is 17.4 Å². The molecule has 0 spiro atoms. The lowest BCUT2D eigenvalue weighted by Gasteiger charge is -2.29. The number of nitrogens with two attached hydrogens (primary N) is 2. The molecule has 5 N–H and O–H groups in total. The summed E-state index contributed by atoms with van der Waals surface area (Å²) in [5.74, 6) is 0.855. The first-order valence-electron chi connectivity index (χ1n) is 7.80. The fourth-order valence-electron chi connectivity index (χ4n) is 2.91. The van der Waals surface area contributed by atoms with Crippen LogP contribution in [0.4, 0.5) is 11.5 Å². The molecule has 0 bridgehead atoms. The predicted octanol–water partition coefficient (Wildman–Crippen LogP) is 3.81. The van der Waals surface area contributed by atoms with E-state index in [1.165, 1.54) is 6.07 Å². The second-order valence-electron chi connectivity index (χ2n) is 5.75. The molecule has 0 aliphatic carbocycles. The molecule has 26 heavy (non-hydrogen) atoms. The molecule has 2 aromatic carbocycles. The minimum atomic E-state index is -0.253. The first-order chi connectivity index (χ1) is 12.6. The second-order valence-corrected chi connectivity index (χ2v) is 6.93. The van der Waals surface area contributed by atoms with Crippen LogP contribution in [0.2, 0.25) is 0 Å². The standard InChI is InChI=1S/C19H14N4O2S/c20-9-13-16(21)15-17(26-11-4-2-1-3-5-11)12-7-6-10(24)8-14(12)25-19(15)23-18(13)22/h1-8,17,24H,(H4,21,22,23). The molecule has 6 nitrogen and oxygen atoms in total. The lowest BCUT2D eigenvalue weighted by molar-refractivity contribution is 0.429. The van der Waals surface area contributed by atoms with Gasteiger partial charge >= 0.3 is 0 Å². The number of hydrogen-bond acceptors (Lipinski definition) is 7. The summed E-state index contributed by atoms with van der Waals surface area (Å²) in [7, 11) is 0. The minimum absolute atomic E-state index is 0.0239. The number of rotatable bonds is 2. The molecule has 0 saturated heterocycles. The summed E-state index contributed by atoms with van der Waals surface area (Å²) in [6, 6.07) is 16.8. The van der Waals surface area contributed by atoms with Gasteiger partial charge in [0.1, 0.15) is 28.9 Å². The van der Waals surface area contributed by atoms with E-state index in [1.54, 1.807) is 23.9 Å². The second kappa shape index (κ2) is 6.17. The van der Waals surface area contributed by atoms with Gasteiger partial charge in [-0.15, -0.1) is 11.8 Å². The summed E-state index contributed by atoms with van der Waals surface area (Å²) >= 11 is 1.56. The Hall–Kier alpha value is -3.37. The Bertz CT molecular complexity index is 1050. The van der Waals surface area contributed by atoms with Gasteiger partial charge in [-0.25, -0.2) is 0 Å². The number of nitrogen functional groups attached to an aromatic ring is 2. The van der Waals surface area contributed by atoms with Crippen molar-refractivity contribution in [2.75, 3.05) is 11.5 Å². The molecule has 1 aliphatic heterocycles. The van der Waals surface area contributed by atoms with E-state index in [-0.39, 0.29) is 33.9 Å². The number of nitriles is 1. The highest BCUT2D eigenvalue weighted by Gasteiger charge is 2.33. The summed E-state index contributed by atoms with van der Waals surface area (Å²) < 4.78 is 5.83. The molecule has 1 atom stereocenters. The van der Waals surface area contributed by atoms with Gasteiger partial charge in [0.15, 0.2) is 0 Å². The van der Waals surface area contributed by atoms with E-state index in [9.17, 15) is 10.4 Å². The van der Waals surface area contributed by atoms with Crippen LogP contribution in [0.15, 0.2) is 53.4 Å². The van der Waals surface area contributed by atoms with Gasteiger partial charge < -0.3 is 21.3 Å². The topological polar surface area (TPSA) is 118 Å². The van der Waals surface area contributed by atoms with Crippen LogP contribution in [0.25, 0.3) is 0 Å². The van der Waals surface area contributed by atoms with Gasteiger partial charge in [-0.2, -0.15) is 10.2 Å². The van der Waals surface area contributed by atoms with Crippen LogP contribution in [0, 0.1) is 11.3 Å². The largest absolute Gasteiger partial charge is 0.508 e. The number of benzene rings is 2. The van der Waals surface area contributed by atoms with Crippen molar-refractivity contribution in [1.29, 1.82) is 5.26 Å². The maximum atomic E-state index is 9.80. The number of aromatic hydroxyl groups is 1.